The van der Waals surface area contributed by atoms with Crippen molar-refractivity contribution in [2.24, 2.45) is 0 Å². The smallest absolute Gasteiger partial charge is 0.306 e. The zero-order chi connectivity index (χ0) is 15.5. The van der Waals surface area contributed by atoms with Crippen molar-refractivity contribution in [3.8, 4) is 11.4 Å². The Morgan fingerprint density at radius 1 is 1.45 bits per heavy atom. The summed E-state index contributed by atoms with van der Waals surface area (Å²) in [7, 11) is 0. The lowest BCUT2D eigenvalue weighted by molar-refractivity contribution is -0.385. The molecule has 0 unspecified atom stereocenters. The summed E-state index contributed by atoms with van der Waals surface area (Å²) in [5, 5.41) is 40.1. The minimum absolute atomic E-state index is 0.100. The van der Waals surface area contributed by atoms with Gasteiger partial charge in [-0.05, 0) is 16.7 Å². The second-order valence-corrected chi connectivity index (χ2v) is 5.29. The first-order valence-electron chi connectivity index (χ1n) is 6.27. The molecule has 0 radical (unpaired) electrons. The molecule has 22 heavy (non-hydrogen) atoms. The fraction of sp³-hybridized carbons (Fsp3) is 0.273. The van der Waals surface area contributed by atoms with E-state index in [1.807, 2.05) is 16.8 Å². The maximum Gasteiger partial charge on any atom is 0.306 e. The second kappa shape index (κ2) is 5.99. The molecule has 3 heterocycles. The van der Waals surface area contributed by atoms with Crippen molar-refractivity contribution in [2.75, 3.05) is 0 Å². The number of nitrogens with zero attached hydrogens (tertiary/aromatic N) is 7. The molecule has 1 atom stereocenters. The van der Waals surface area contributed by atoms with E-state index in [0.29, 0.717) is 5.82 Å². The van der Waals surface area contributed by atoms with Crippen LogP contribution in [0.25, 0.3) is 11.4 Å². The second-order valence-electron chi connectivity index (χ2n) is 4.51. The topological polar surface area (TPSA) is 125 Å². The van der Waals surface area contributed by atoms with Gasteiger partial charge in [0.15, 0.2) is 0 Å². The monoisotopic (exact) mass is 321 g/mol. The average Bonchev–Trinajstić information content (AvgIpc) is 3.18. The number of hydrogen-bond acceptors (Lipinski definition) is 8. The van der Waals surface area contributed by atoms with Gasteiger partial charge in [-0.1, -0.05) is 0 Å². The van der Waals surface area contributed by atoms with Gasteiger partial charge < -0.3 is 5.11 Å². The van der Waals surface area contributed by atoms with Gasteiger partial charge in [-0.25, -0.2) is 0 Å². The van der Waals surface area contributed by atoms with Crippen LogP contribution in [0.2, 0.25) is 0 Å². The molecule has 0 fully saturated rings. The first-order chi connectivity index (χ1) is 10.6. The van der Waals surface area contributed by atoms with Crippen molar-refractivity contribution >= 4 is 17.0 Å². The average molecular weight is 321 g/mol. The zero-order valence-electron chi connectivity index (χ0n) is 11.2. The number of aliphatic hydroxyl groups is 1. The molecular weight excluding hydrogens is 310 g/mol. The summed E-state index contributed by atoms with van der Waals surface area (Å²) >= 11 is 1.53. The van der Waals surface area contributed by atoms with Crippen LogP contribution in [-0.4, -0.2) is 46.1 Å². The first kappa shape index (κ1) is 14.3. The molecule has 3 aromatic heterocycles. The highest BCUT2D eigenvalue weighted by molar-refractivity contribution is 7.08. The summed E-state index contributed by atoms with van der Waals surface area (Å²) in [5.74, 6) is 0.489. The summed E-state index contributed by atoms with van der Waals surface area (Å²) in [6.45, 7) is 0.216. The van der Waals surface area contributed by atoms with E-state index in [9.17, 15) is 15.2 Å². The molecule has 0 aromatic carbocycles. The Balaban J connectivity index is 1.61. The van der Waals surface area contributed by atoms with Crippen molar-refractivity contribution < 1.29 is 10.0 Å². The highest BCUT2D eigenvalue weighted by Gasteiger charge is 2.14. The standard InChI is InChI=1S/C11H11N7O3S/c19-10(5-16-4-9(3-12-16)18(20)21)6-17-14-11(13-15-17)8-1-2-22-7-8/h1-4,7,10,19H,5-6H2/t10-/m0/s1. The van der Waals surface area contributed by atoms with E-state index in [1.54, 1.807) is 0 Å². The van der Waals surface area contributed by atoms with Crippen LogP contribution in [0.15, 0.2) is 29.2 Å². The Morgan fingerprint density at radius 3 is 3.00 bits per heavy atom. The van der Waals surface area contributed by atoms with Crippen LogP contribution in [0.1, 0.15) is 0 Å². The van der Waals surface area contributed by atoms with E-state index in [2.05, 4.69) is 20.5 Å². The van der Waals surface area contributed by atoms with Crippen LogP contribution in [0, 0.1) is 10.1 Å². The normalized spacial score (nSPS) is 12.4. The van der Waals surface area contributed by atoms with Crippen LogP contribution in [-0.2, 0) is 13.1 Å². The van der Waals surface area contributed by atoms with E-state index in [1.165, 1.54) is 27.0 Å². The predicted octanol–water partition coefficient (Wildman–Crippen LogP) is 0.567. The minimum atomic E-state index is -0.843. The molecule has 10 nitrogen and oxygen atoms in total. The van der Waals surface area contributed by atoms with Gasteiger partial charge in [-0.2, -0.15) is 21.2 Å². The number of tetrazole rings is 1. The maximum absolute atomic E-state index is 10.6. The Bertz CT molecular complexity index is 766. The largest absolute Gasteiger partial charge is 0.389 e. The summed E-state index contributed by atoms with van der Waals surface area (Å²) < 4.78 is 1.31. The van der Waals surface area contributed by atoms with Gasteiger partial charge in [0.2, 0.25) is 5.82 Å². The molecule has 3 rings (SSSR count). The Morgan fingerprint density at radius 2 is 2.32 bits per heavy atom. The molecule has 0 bridgehead atoms. The van der Waals surface area contributed by atoms with Crippen molar-refractivity contribution in [2.45, 2.75) is 19.2 Å². The number of aliphatic hydroxyl groups excluding tert-OH is 1. The van der Waals surface area contributed by atoms with Gasteiger partial charge >= 0.3 is 5.69 Å². The van der Waals surface area contributed by atoms with Crippen LogP contribution in [0.4, 0.5) is 5.69 Å². The fourth-order valence-electron chi connectivity index (χ4n) is 1.84. The van der Waals surface area contributed by atoms with E-state index in [-0.39, 0.29) is 18.8 Å². The van der Waals surface area contributed by atoms with Crippen LogP contribution < -0.4 is 0 Å². The molecule has 0 saturated heterocycles. The number of nitro groups is 1. The molecule has 0 aliphatic rings. The van der Waals surface area contributed by atoms with E-state index in [4.69, 9.17) is 0 Å². The molecule has 0 spiro atoms. The third-order valence-electron chi connectivity index (χ3n) is 2.83. The van der Waals surface area contributed by atoms with Gasteiger partial charge in [-0.3, -0.25) is 14.8 Å². The molecule has 0 saturated carbocycles. The molecule has 114 valence electrons. The minimum Gasteiger partial charge on any atom is -0.389 e. The van der Waals surface area contributed by atoms with Crippen molar-refractivity contribution in [3.63, 3.8) is 0 Å². The Labute approximate surface area is 127 Å². The highest BCUT2D eigenvalue weighted by atomic mass is 32.1. The van der Waals surface area contributed by atoms with Crippen LogP contribution in [0.5, 0.6) is 0 Å². The van der Waals surface area contributed by atoms with Crippen molar-refractivity contribution in [1.29, 1.82) is 0 Å². The third-order valence-corrected chi connectivity index (χ3v) is 3.52. The summed E-state index contributed by atoms with van der Waals surface area (Å²) in [6, 6.07) is 1.88. The predicted molar refractivity (Wildman–Crippen MR) is 76.0 cm³/mol. The molecule has 3 aromatic rings. The molecule has 0 aliphatic heterocycles. The van der Waals surface area contributed by atoms with Crippen molar-refractivity contribution in [1.82, 2.24) is 30.0 Å². The number of rotatable bonds is 6. The quantitative estimate of drug-likeness (QED) is 0.519. The number of thiophene rings is 1. The van der Waals surface area contributed by atoms with Crippen LogP contribution in [0.3, 0.4) is 0 Å². The van der Waals surface area contributed by atoms with E-state index < -0.39 is 11.0 Å². The fourth-order valence-corrected chi connectivity index (χ4v) is 2.47. The third kappa shape index (κ3) is 3.15. The summed E-state index contributed by atoms with van der Waals surface area (Å²) in [4.78, 5) is 11.3. The van der Waals surface area contributed by atoms with Crippen LogP contribution >= 0.6 is 11.3 Å². The van der Waals surface area contributed by atoms with Gasteiger partial charge in [0, 0.05) is 10.9 Å². The first-order valence-corrected chi connectivity index (χ1v) is 7.21. The van der Waals surface area contributed by atoms with Gasteiger partial charge in [0.1, 0.15) is 12.4 Å². The number of hydrogen-bond donors (Lipinski definition) is 1. The Hall–Kier alpha value is -2.66. The van der Waals surface area contributed by atoms with Crippen molar-refractivity contribution in [3.05, 3.63) is 39.3 Å². The lowest BCUT2D eigenvalue weighted by atomic mass is 10.3. The van der Waals surface area contributed by atoms with Gasteiger partial charge in [-0.15, -0.1) is 10.2 Å². The molecular formula is C11H11N7O3S. The van der Waals surface area contributed by atoms with Gasteiger partial charge in [0.25, 0.3) is 0 Å². The summed E-state index contributed by atoms with van der Waals surface area (Å²) in [6.07, 6.45) is 1.55. The Kier molecular flexibility index (Phi) is 3.89. The molecule has 0 amide bonds. The highest BCUT2D eigenvalue weighted by Crippen LogP contribution is 2.16. The van der Waals surface area contributed by atoms with E-state index in [0.717, 1.165) is 11.8 Å². The molecule has 11 heteroatoms. The SMILES string of the molecule is O=[N+]([O-])c1cnn(C[C@H](O)Cn2nnc(-c3ccsc3)n2)c1. The molecule has 0 aliphatic carbocycles. The van der Waals surface area contributed by atoms with Gasteiger partial charge in [0.05, 0.1) is 24.1 Å². The maximum atomic E-state index is 10.6. The van der Waals surface area contributed by atoms with E-state index >= 15 is 0 Å². The molecule has 1 N–H and O–H groups in total. The summed E-state index contributed by atoms with van der Waals surface area (Å²) in [5.41, 5.74) is 0.749. The lowest BCUT2D eigenvalue weighted by Gasteiger charge is -2.08. The number of aromatic nitrogens is 6. The lowest BCUT2D eigenvalue weighted by Crippen LogP contribution is -2.23. The zero-order valence-corrected chi connectivity index (χ0v) is 12.0.